The number of nitrogens with zero attached hydrogens (tertiary/aromatic N) is 3. The van der Waals surface area contributed by atoms with Crippen LogP contribution in [0, 0.1) is 0 Å². The molecule has 0 spiro atoms. The summed E-state index contributed by atoms with van der Waals surface area (Å²) in [6, 6.07) is 9.69. The number of carbonyl (C=O) groups excluding carboxylic acids is 1. The van der Waals surface area contributed by atoms with Crippen molar-refractivity contribution in [2.24, 2.45) is 0 Å². The predicted octanol–water partition coefficient (Wildman–Crippen LogP) is 1.98. The van der Waals surface area contributed by atoms with Crippen molar-refractivity contribution in [3.05, 3.63) is 58.5 Å². The van der Waals surface area contributed by atoms with E-state index in [-0.39, 0.29) is 17.5 Å². The van der Waals surface area contributed by atoms with E-state index in [1.54, 1.807) is 0 Å². The van der Waals surface area contributed by atoms with Gasteiger partial charge < -0.3 is 14.9 Å². The quantitative estimate of drug-likeness (QED) is 0.751. The van der Waals surface area contributed by atoms with E-state index in [9.17, 15) is 9.59 Å². The number of fused-ring (bicyclic) bond motifs is 1. The summed E-state index contributed by atoms with van der Waals surface area (Å²) in [5.74, 6) is 1.13. The number of nitrogens with one attached hydrogen (secondary N) is 2. The zero-order chi connectivity index (χ0) is 17.9. The van der Waals surface area contributed by atoms with E-state index in [4.69, 9.17) is 0 Å². The van der Waals surface area contributed by atoms with Gasteiger partial charge in [-0.15, -0.1) is 0 Å². The highest BCUT2D eigenvalue weighted by atomic mass is 16.2. The first-order valence-corrected chi connectivity index (χ1v) is 8.95. The van der Waals surface area contributed by atoms with Gasteiger partial charge in [-0.25, -0.2) is 14.8 Å². The van der Waals surface area contributed by atoms with Crippen LogP contribution in [0.25, 0.3) is 11.0 Å². The van der Waals surface area contributed by atoms with Crippen molar-refractivity contribution >= 4 is 16.9 Å². The Balaban J connectivity index is 1.38. The fraction of sp³-hybridized carbons (Fsp3) is 0.368. The maximum absolute atomic E-state index is 12.6. The third-order valence-corrected chi connectivity index (χ3v) is 4.93. The van der Waals surface area contributed by atoms with Crippen LogP contribution in [0.2, 0.25) is 0 Å². The van der Waals surface area contributed by atoms with Gasteiger partial charge in [-0.3, -0.25) is 4.79 Å². The molecule has 3 aromatic rings. The van der Waals surface area contributed by atoms with Crippen molar-refractivity contribution in [1.82, 2.24) is 24.8 Å². The number of hydrogen-bond donors (Lipinski definition) is 2. The maximum atomic E-state index is 12.6. The standard InChI is InChI=1S/C19H21N5O2/c25-18(8-7-17-21-15-5-1-2-6-16(15)22-17)24-11-3-4-13(12-24)14-9-10-20-19(26)23-14/h1-2,5-6,9-10,13H,3-4,7-8,11-12H2,(H,21,22)(H,20,23,26). The molecule has 1 aliphatic rings. The first-order valence-electron chi connectivity index (χ1n) is 8.95. The summed E-state index contributed by atoms with van der Waals surface area (Å²) in [4.78, 5) is 40.2. The van der Waals surface area contributed by atoms with E-state index in [1.165, 1.54) is 6.20 Å². The number of amides is 1. The Labute approximate surface area is 150 Å². The highest BCUT2D eigenvalue weighted by molar-refractivity contribution is 5.77. The van der Waals surface area contributed by atoms with Crippen LogP contribution in [-0.2, 0) is 11.2 Å². The van der Waals surface area contributed by atoms with Gasteiger partial charge in [0.2, 0.25) is 5.91 Å². The molecule has 0 bridgehead atoms. The SMILES string of the molecule is O=C(CCc1nc2ccccc2[nH]1)N1CCCC(c2ccnc(=O)[nH]2)C1. The number of para-hydroxylation sites is 2. The molecule has 0 radical (unpaired) electrons. The first kappa shape index (κ1) is 16.5. The van der Waals surface area contributed by atoms with Crippen molar-refractivity contribution in [1.29, 1.82) is 0 Å². The molecule has 26 heavy (non-hydrogen) atoms. The van der Waals surface area contributed by atoms with Crippen molar-refractivity contribution < 1.29 is 4.79 Å². The minimum atomic E-state index is -0.337. The van der Waals surface area contributed by atoms with Gasteiger partial charge in [-0.05, 0) is 31.0 Å². The normalized spacial score (nSPS) is 17.5. The number of H-pyrrole nitrogens is 2. The summed E-state index contributed by atoms with van der Waals surface area (Å²) in [6.45, 7) is 1.41. The lowest BCUT2D eigenvalue weighted by atomic mass is 9.94. The second-order valence-corrected chi connectivity index (χ2v) is 6.71. The van der Waals surface area contributed by atoms with Gasteiger partial charge in [0.1, 0.15) is 5.82 Å². The Kier molecular flexibility index (Phi) is 4.51. The minimum Gasteiger partial charge on any atom is -0.342 e. The summed E-state index contributed by atoms with van der Waals surface area (Å²) in [6.07, 6.45) is 4.45. The number of likely N-dealkylation sites (tertiary alicyclic amines) is 1. The van der Waals surface area contributed by atoms with E-state index < -0.39 is 0 Å². The van der Waals surface area contributed by atoms with Crippen LogP contribution in [0.4, 0.5) is 0 Å². The lowest BCUT2D eigenvalue weighted by molar-refractivity contribution is -0.132. The molecule has 0 aliphatic carbocycles. The van der Waals surface area contributed by atoms with Crippen LogP contribution < -0.4 is 5.69 Å². The third-order valence-electron chi connectivity index (χ3n) is 4.93. The molecule has 1 amide bonds. The number of rotatable bonds is 4. The molecule has 1 aliphatic heterocycles. The average Bonchev–Trinajstić information content (AvgIpc) is 3.09. The number of carbonyl (C=O) groups is 1. The Hall–Kier alpha value is -2.96. The second kappa shape index (κ2) is 7.11. The highest BCUT2D eigenvalue weighted by Crippen LogP contribution is 2.25. The molecule has 134 valence electrons. The molecule has 0 saturated carbocycles. The van der Waals surface area contributed by atoms with Crippen molar-refractivity contribution in [2.75, 3.05) is 13.1 Å². The molecule has 4 rings (SSSR count). The maximum Gasteiger partial charge on any atom is 0.345 e. The molecule has 7 nitrogen and oxygen atoms in total. The lowest BCUT2D eigenvalue weighted by Gasteiger charge is -2.32. The number of piperidine rings is 1. The third kappa shape index (κ3) is 3.51. The number of imidazole rings is 1. The zero-order valence-corrected chi connectivity index (χ0v) is 14.4. The number of aromatic amines is 2. The van der Waals surface area contributed by atoms with E-state index >= 15 is 0 Å². The highest BCUT2D eigenvalue weighted by Gasteiger charge is 2.25. The summed E-state index contributed by atoms with van der Waals surface area (Å²) in [5, 5.41) is 0. The molecule has 1 saturated heterocycles. The smallest absolute Gasteiger partial charge is 0.342 e. The topological polar surface area (TPSA) is 94.7 Å². The van der Waals surface area contributed by atoms with Crippen molar-refractivity contribution in [3.8, 4) is 0 Å². The predicted molar refractivity (Wildman–Crippen MR) is 97.8 cm³/mol. The second-order valence-electron chi connectivity index (χ2n) is 6.71. The van der Waals surface area contributed by atoms with Gasteiger partial charge in [-0.1, -0.05) is 12.1 Å². The molecule has 1 fully saturated rings. The Morgan fingerprint density at radius 1 is 1.23 bits per heavy atom. The Morgan fingerprint density at radius 2 is 2.12 bits per heavy atom. The van der Waals surface area contributed by atoms with Crippen LogP contribution in [0.1, 0.15) is 36.7 Å². The summed E-state index contributed by atoms with van der Waals surface area (Å²) < 4.78 is 0. The number of aromatic nitrogens is 4. The van der Waals surface area contributed by atoms with E-state index in [0.29, 0.717) is 19.4 Å². The van der Waals surface area contributed by atoms with E-state index in [1.807, 2.05) is 35.2 Å². The van der Waals surface area contributed by atoms with Crippen LogP contribution in [0.3, 0.4) is 0 Å². The monoisotopic (exact) mass is 351 g/mol. The molecule has 2 aromatic heterocycles. The van der Waals surface area contributed by atoms with Crippen LogP contribution in [0.15, 0.2) is 41.3 Å². The molecular formula is C19H21N5O2. The molecule has 1 unspecified atom stereocenters. The van der Waals surface area contributed by atoms with Gasteiger partial charge >= 0.3 is 5.69 Å². The lowest BCUT2D eigenvalue weighted by Crippen LogP contribution is -2.39. The summed E-state index contributed by atoms with van der Waals surface area (Å²) in [5.41, 5.74) is 2.44. The fourth-order valence-corrected chi connectivity index (χ4v) is 3.59. The van der Waals surface area contributed by atoms with Crippen LogP contribution >= 0.6 is 0 Å². The first-order chi connectivity index (χ1) is 12.7. The minimum absolute atomic E-state index is 0.131. The fourth-order valence-electron chi connectivity index (χ4n) is 3.59. The Bertz CT molecular complexity index is 944. The van der Waals surface area contributed by atoms with E-state index in [2.05, 4.69) is 19.9 Å². The average molecular weight is 351 g/mol. The Morgan fingerprint density at radius 3 is 2.96 bits per heavy atom. The van der Waals surface area contributed by atoms with Gasteiger partial charge in [0.15, 0.2) is 0 Å². The summed E-state index contributed by atoms with van der Waals surface area (Å²) in [7, 11) is 0. The van der Waals surface area contributed by atoms with Gasteiger partial charge in [-0.2, -0.15) is 0 Å². The molecular weight excluding hydrogens is 330 g/mol. The molecule has 3 heterocycles. The number of hydrogen-bond acceptors (Lipinski definition) is 4. The van der Waals surface area contributed by atoms with Gasteiger partial charge in [0, 0.05) is 43.7 Å². The summed E-state index contributed by atoms with van der Waals surface area (Å²) >= 11 is 0. The zero-order valence-electron chi connectivity index (χ0n) is 14.4. The molecule has 1 aromatic carbocycles. The molecule has 1 atom stereocenters. The molecule has 7 heteroatoms. The van der Waals surface area contributed by atoms with Crippen LogP contribution in [0.5, 0.6) is 0 Å². The van der Waals surface area contributed by atoms with Crippen molar-refractivity contribution in [3.63, 3.8) is 0 Å². The van der Waals surface area contributed by atoms with E-state index in [0.717, 1.165) is 41.9 Å². The van der Waals surface area contributed by atoms with Gasteiger partial charge in [0.05, 0.1) is 11.0 Å². The van der Waals surface area contributed by atoms with Crippen LogP contribution in [-0.4, -0.2) is 43.8 Å². The number of aryl methyl sites for hydroxylation is 1. The van der Waals surface area contributed by atoms with Crippen molar-refractivity contribution in [2.45, 2.75) is 31.6 Å². The van der Waals surface area contributed by atoms with Gasteiger partial charge in [0.25, 0.3) is 0 Å². The largest absolute Gasteiger partial charge is 0.345 e. The number of benzene rings is 1. The molecule has 2 N–H and O–H groups in total.